The molecule has 0 aliphatic rings. The quantitative estimate of drug-likeness (QED) is 0.758. The number of carbonyl (C=O) groups is 2. The van der Waals surface area contributed by atoms with Crippen molar-refractivity contribution in [3.05, 3.63) is 42.2 Å². The minimum Gasteiger partial charge on any atom is -0.478 e. The SMILES string of the molecule is Cc1nc(C)c(C(=O)Nc2c(Br)cc(Br)cc2C(=O)O)s1. The Balaban J connectivity index is 2.42. The van der Waals surface area contributed by atoms with Gasteiger partial charge in [0.1, 0.15) is 4.88 Å². The number of rotatable bonds is 3. The first-order chi connectivity index (χ1) is 9.79. The van der Waals surface area contributed by atoms with Gasteiger partial charge in [0.2, 0.25) is 0 Å². The number of hydrogen-bond donors (Lipinski definition) is 2. The van der Waals surface area contributed by atoms with Crippen LogP contribution in [-0.2, 0) is 0 Å². The van der Waals surface area contributed by atoms with Crippen molar-refractivity contribution in [3.8, 4) is 0 Å². The number of carboxylic acids is 1. The molecule has 21 heavy (non-hydrogen) atoms. The van der Waals surface area contributed by atoms with Crippen LogP contribution >= 0.6 is 43.2 Å². The molecular formula is C13H10Br2N2O3S. The van der Waals surface area contributed by atoms with Gasteiger partial charge in [0, 0.05) is 8.95 Å². The minimum absolute atomic E-state index is 0.00323. The maximum absolute atomic E-state index is 12.3. The zero-order chi connectivity index (χ0) is 15.7. The number of benzene rings is 1. The molecule has 2 rings (SSSR count). The van der Waals surface area contributed by atoms with Gasteiger partial charge in [-0.15, -0.1) is 11.3 Å². The molecule has 0 atom stereocenters. The van der Waals surface area contributed by atoms with Crippen molar-refractivity contribution in [1.82, 2.24) is 4.98 Å². The van der Waals surface area contributed by atoms with Crippen LogP contribution in [0.2, 0.25) is 0 Å². The van der Waals surface area contributed by atoms with Crippen LogP contribution in [0.1, 0.15) is 30.7 Å². The number of nitrogens with zero attached hydrogens (tertiary/aromatic N) is 1. The standard InChI is InChI=1S/C13H10Br2N2O3S/c1-5-11(21-6(2)16-5)12(18)17-10-8(13(19)20)3-7(14)4-9(10)15/h3-4H,1-2H3,(H,17,18)(H,19,20). The summed E-state index contributed by atoms with van der Waals surface area (Å²) < 4.78 is 1.09. The van der Waals surface area contributed by atoms with Crippen LogP contribution in [0, 0.1) is 13.8 Å². The lowest BCUT2D eigenvalue weighted by Crippen LogP contribution is -2.15. The number of nitrogens with one attached hydrogen (secondary N) is 1. The highest BCUT2D eigenvalue weighted by atomic mass is 79.9. The van der Waals surface area contributed by atoms with Gasteiger partial charge in [-0.2, -0.15) is 0 Å². The topological polar surface area (TPSA) is 79.3 Å². The number of carbonyl (C=O) groups excluding carboxylic acids is 1. The second-order valence-corrected chi connectivity index (χ2v) is 7.19. The molecule has 5 nitrogen and oxygen atoms in total. The normalized spacial score (nSPS) is 10.5. The summed E-state index contributed by atoms with van der Waals surface area (Å²) in [5.41, 5.74) is 0.852. The molecule has 1 amide bonds. The summed E-state index contributed by atoms with van der Waals surface area (Å²) in [6, 6.07) is 3.11. The first-order valence-electron chi connectivity index (χ1n) is 5.77. The summed E-state index contributed by atoms with van der Waals surface area (Å²) in [6.07, 6.45) is 0. The number of aryl methyl sites for hydroxylation is 2. The van der Waals surface area contributed by atoms with E-state index in [0.29, 0.717) is 19.5 Å². The van der Waals surface area contributed by atoms with Crippen LogP contribution in [0.3, 0.4) is 0 Å². The Bertz CT molecular complexity index is 743. The van der Waals surface area contributed by atoms with Crippen LogP contribution in [0.25, 0.3) is 0 Å². The Kier molecular flexibility index (Phi) is 4.80. The molecule has 110 valence electrons. The summed E-state index contributed by atoms with van der Waals surface area (Å²) in [7, 11) is 0. The molecule has 0 bridgehead atoms. The number of hydrogen-bond acceptors (Lipinski definition) is 4. The number of carboxylic acid groups (broad SMARTS) is 1. The van der Waals surface area contributed by atoms with Gasteiger partial charge in [-0.1, -0.05) is 15.9 Å². The van der Waals surface area contributed by atoms with Crippen LogP contribution in [0.4, 0.5) is 5.69 Å². The fourth-order valence-electron chi connectivity index (χ4n) is 1.78. The van der Waals surface area contributed by atoms with E-state index < -0.39 is 5.97 Å². The molecule has 0 aliphatic carbocycles. The molecule has 2 aromatic rings. The summed E-state index contributed by atoms with van der Waals surface area (Å²) in [5, 5.41) is 12.7. The lowest BCUT2D eigenvalue weighted by molar-refractivity contribution is 0.0698. The molecule has 0 saturated heterocycles. The predicted octanol–water partition coefficient (Wildman–Crippen LogP) is 4.24. The van der Waals surface area contributed by atoms with Crippen molar-refractivity contribution < 1.29 is 14.7 Å². The number of anilines is 1. The minimum atomic E-state index is -1.12. The molecule has 1 aromatic carbocycles. The van der Waals surface area contributed by atoms with Crippen molar-refractivity contribution in [2.45, 2.75) is 13.8 Å². The summed E-state index contributed by atoms with van der Waals surface area (Å²) in [6.45, 7) is 3.56. The van der Waals surface area contributed by atoms with E-state index >= 15 is 0 Å². The average Bonchev–Trinajstić information content (AvgIpc) is 2.71. The molecule has 0 spiro atoms. The number of thiazole rings is 1. The number of halogens is 2. The zero-order valence-corrected chi connectivity index (χ0v) is 15.0. The van der Waals surface area contributed by atoms with Gasteiger partial charge in [-0.05, 0) is 41.9 Å². The van der Waals surface area contributed by atoms with Crippen LogP contribution in [0.5, 0.6) is 0 Å². The third-order valence-electron chi connectivity index (χ3n) is 2.63. The Morgan fingerprint density at radius 2 is 1.95 bits per heavy atom. The number of aromatic nitrogens is 1. The van der Waals surface area contributed by atoms with E-state index in [-0.39, 0.29) is 17.2 Å². The monoisotopic (exact) mass is 432 g/mol. The van der Waals surface area contributed by atoms with Crippen molar-refractivity contribution in [1.29, 1.82) is 0 Å². The Morgan fingerprint density at radius 1 is 1.29 bits per heavy atom. The van der Waals surface area contributed by atoms with E-state index in [0.717, 1.165) is 5.01 Å². The lowest BCUT2D eigenvalue weighted by atomic mass is 10.1. The highest BCUT2D eigenvalue weighted by molar-refractivity contribution is 9.11. The van der Waals surface area contributed by atoms with Crippen LogP contribution in [0.15, 0.2) is 21.1 Å². The highest BCUT2D eigenvalue weighted by Crippen LogP contribution is 2.32. The zero-order valence-electron chi connectivity index (χ0n) is 11.0. The van der Waals surface area contributed by atoms with Gasteiger partial charge in [-0.3, -0.25) is 4.79 Å². The van der Waals surface area contributed by atoms with E-state index in [1.165, 1.54) is 17.4 Å². The maximum Gasteiger partial charge on any atom is 0.337 e. The van der Waals surface area contributed by atoms with Crippen molar-refractivity contribution in [2.24, 2.45) is 0 Å². The maximum atomic E-state index is 12.3. The predicted molar refractivity (Wildman–Crippen MR) is 88.3 cm³/mol. The van der Waals surface area contributed by atoms with Gasteiger partial charge in [-0.25, -0.2) is 9.78 Å². The van der Waals surface area contributed by atoms with Gasteiger partial charge in [0.25, 0.3) is 5.91 Å². The molecule has 2 N–H and O–H groups in total. The smallest absolute Gasteiger partial charge is 0.337 e. The second-order valence-electron chi connectivity index (χ2n) is 4.22. The molecule has 0 radical (unpaired) electrons. The fraction of sp³-hybridized carbons (Fsp3) is 0.154. The average molecular weight is 434 g/mol. The fourth-order valence-corrected chi connectivity index (χ4v) is 3.92. The van der Waals surface area contributed by atoms with E-state index in [2.05, 4.69) is 42.2 Å². The Labute approximate surface area is 141 Å². The molecule has 1 aromatic heterocycles. The number of amides is 1. The van der Waals surface area contributed by atoms with E-state index in [1.807, 2.05) is 6.92 Å². The van der Waals surface area contributed by atoms with Gasteiger partial charge < -0.3 is 10.4 Å². The number of aromatic carboxylic acids is 1. The first-order valence-corrected chi connectivity index (χ1v) is 8.17. The molecular weight excluding hydrogens is 424 g/mol. The molecule has 0 aliphatic heterocycles. The summed E-state index contributed by atoms with van der Waals surface area (Å²) in [4.78, 5) is 28.3. The second kappa shape index (κ2) is 6.25. The third-order valence-corrected chi connectivity index (χ3v) is 4.79. The van der Waals surface area contributed by atoms with E-state index in [9.17, 15) is 14.7 Å². The van der Waals surface area contributed by atoms with Crippen LogP contribution in [-0.4, -0.2) is 22.0 Å². The van der Waals surface area contributed by atoms with Gasteiger partial charge >= 0.3 is 5.97 Å². The molecule has 8 heteroatoms. The lowest BCUT2D eigenvalue weighted by Gasteiger charge is -2.11. The van der Waals surface area contributed by atoms with Crippen molar-refractivity contribution >= 4 is 60.8 Å². The largest absolute Gasteiger partial charge is 0.478 e. The van der Waals surface area contributed by atoms with Gasteiger partial charge in [0.15, 0.2) is 0 Å². The van der Waals surface area contributed by atoms with Gasteiger partial charge in [0.05, 0.1) is 22.0 Å². The summed E-state index contributed by atoms with van der Waals surface area (Å²) in [5.74, 6) is -1.49. The molecule has 0 saturated carbocycles. The first kappa shape index (κ1) is 16.1. The van der Waals surface area contributed by atoms with Crippen LogP contribution < -0.4 is 5.32 Å². The van der Waals surface area contributed by atoms with E-state index in [4.69, 9.17) is 0 Å². The summed E-state index contributed by atoms with van der Waals surface area (Å²) >= 11 is 7.77. The van der Waals surface area contributed by atoms with Crippen molar-refractivity contribution in [3.63, 3.8) is 0 Å². The highest BCUT2D eigenvalue weighted by Gasteiger charge is 2.20. The van der Waals surface area contributed by atoms with Crippen molar-refractivity contribution in [2.75, 3.05) is 5.32 Å². The molecule has 0 fully saturated rings. The Hall–Kier alpha value is -1.25. The Morgan fingerprint density at radius 3 is 2.48 bits per heavy atom. The van der Waals surface area contributed by atoms with E-state index in [1.54, 1.807) is 13.0 Å². The molecule has 0 unspecified atom stereocenters. The molecule has 1 heterocycles. The third kappa shape index (κ3) is 3.50.